The highest BCUT2D eigenvalue weighted by molar-refractivity contribution is 8.12. The second kappa shape index (κ2) is 12.5. The zero-order chi connectivity index (χ0) is 31.9. The molecular weight excluding hydrogens is 569 g/mol. The molecule has 5 heteroatoms. The molecule has 0 amide bonds. The highest BCUT2D eigenvalue weighted by atomic mass is 32.2. The van der Waals surface area contributed by atoms with Crippen molar-refractivity contribution in [1.82, 2.24) is 10.0 Å². The van der Waals surface area contributed by atoms with Crippen LogP contribution in [0.25, 0.3) is 0 Å². The lowest BCUT2D eigenvalue weighted by Gasteiger charge is -2.60. The Morgan fingerprint density at radius 3 is 2.38 bits per heavy atom. The van der Waals surface area contributed by atoms with E-state index >= 15 is 0 Å². The molecule has 2 aromatic carbocycles. The van der Waals surface area contributed by atoms with E-state index in [0.717, 1.165) is 55.3 Å². The molecule has 1 saturated heterocycles. The molecule has 2 atom stereocenters. The minimum absolute atomic E-state index is 0.0762. The van der Waals surface area contributed by atoms with Crippen molar-refractivity contribution in [3.05, 3.63) is 113 Å². The van der Waals surface area contributed by atoms with E-state index in [4.69, 9.17) is 4.99 Å². The van der Waals surface area contributed by atoms with Crippen LogP contribution in [0.2, 0.25) is 0 Å². The second-order valence-corrected chi connectivity index (χ2v) is 16.2. The Hall–Kier alpha value is -3.31. The van der Waals surface area contributed by atoms with Crippen LogP contribution in [-0.2, 0) is 5.41 Å². The molecular formula is C40H52N4S. The van der Waals surface area contributed by atoms with Crippen LogP contribution in [0.5, 0.6) is 0 Å². The summed E-state index contributed by atoms with van der Waals surface area (Å²) in [5.74, 6) is 6.41. The number of hydrogen-bond acceptors (Lipinski definition) is 4. The predicted molar refractivity (Wildman–Crippen MR) is 197 cm³/mol. The molecule has 3 fully saturated rings. The molecule has 1 spiro atoms. The van der Waals surface area contributed by atoms with Crippen LogP contribution >= 0.6 is 10.7 Å². The summed E-state index contributed by atoms with van der Waals surface area (Å²) in [6, 6.07) is 18.0. The molecule has 0 radical (unpaired) electrons. The van der Waals surface area contributed by atoms with Gasteiger partial charge in [0.15, 0.2) is 0 Å². The van der Waals surface area contributed by atoms with Crippen LogP contribution in [-0.4, -0.2) is 37.0 Å². The Kier molecular flexibility index (Phi) is 8.78. The average Bonchev–Trinajstić information content (AvgIpc) is 3.71. The summed E-state index contributed by atoms with van der Waals surface area (Å²) in [5.41, 5.74) is 13.3. The SMILES string of the molecule is C=C(C)CCS(=C)NC(=C)C1(c2ccc(N3CC4(CC(C5=C(NC(=C)CC(C)c6ccccc6C)C(C)=NC5)C4)C3)cc2)CC1. The van der Waals surface area contributed by atoms with Crippen LogP contribution < -0.4 is 14.9 Å². The molecule has 2 aliphatic heterocycles. The van der Waals surface area contributed by atoms with Gasteiger partial charge in [-0.1, -0.05) is 67.9 Å². The highest BCUT2D eigenvalue weighted by Gasteiger charge is 2.54. The van der Waals surface area contributed by atoms with E-state index in [1.807, 2.05) is 0 Å². The van der Waals surface area contributed by atoms with Gasteiger partial charge < -0.3 is 14.9 Å². The molecule has 2 unspecified atom stereocenters. The van der Waals surface area contributed by atoms with Crippen molar-refractivity contribution < 1.29 is 0 Å². The molecule has 2 N–H and O–H groups in total. The van der Waals surface area contributed by atoms with Gasteiger partial charge in [-0.25, -0.2) is 0 Å². The number of nitrogens with one attached hydrogen (secondary N) is 2. The number of allylic oxidation sites excluding steroid dienone is 4. The first kappa shape index (κ1) is 31.7. The van der Waals surface area contributed by atoms with Crippen LogP contribution in [0.1, 0.15) is 81.9 Å². The zero-order valence-electron chi connectivity index (χ0n) is 28.0. The maximum Gasteiger partial charge on any atom is 0.0630 e. The largest absolute Gasteiger partial charge is 0.370 e. The molecule has 2 saturated carbocycles. The number of aliphatic imine (C=N–C) groups is 1. The summed E-state index contributed by atoms with van der Waals surface area (Å²) in [6.07, 6.45) is 6.81. The van der Waals surface area contributed by atoms with Crippen molar-refractivity contribution in [2.75, 3.05) is 30.3 Å². The topological polar surface area (TPSA) is 39.7 Å². The van der Waals surface area contributed by atoms with Gasteiger partial charge in [0.05, 0.1) is 18.0 Å². The van der Waals surface area contributed by atoms with Gasteiger partial charge in [-0.3, -0.25) is 4.99 Å². The zero-order valence-corrected chi connectivity index (χ0v) is 28.8. The summed E-state index contributed by atoms with van der Waals surface area (Å²) >= 11 is 0. The van der Waals surface area contributed by atoms with Crippen molar-refractivity contribution >= 4 is 27.9 Å². The van der Waals surface area contributed by atoms with E-state index in [1.165, 1.54) is 64.9 Å². The van der Waals surface area contributed by atoms with Crippen LogP contribution in [0, 0.1) is 18.3 Å². The van der Waals surface area contributed by atoms with Crippen molar-refractivity contribution in [3.8, 4) is 0 Å². The fraction of sp³-hybridized carbons (Fsp3) is 0.450. The Morgan fingerprint density at radius 1 is 1.04 bits per heavy atom. The van der Waals surface area contributed by atoms with Crippen molar-refractivity contribution in [2.24, 2.45) is 16.3 Å². The summed E-state index contributed by atoms with van der Waals surface area (Å²) in [6.45, 7) is 24.8. The fourth-order valence-electron chi connectivity index (χ4n) is 7.88. The van der Waals surface area contributed by atoms with E-state index in [-0.39, 0.29) is 16.1 Å². The van der Waals surface area contributed by atoms with Gasteiger partial charge in [0.25, 0.3) is 0 Å². The van der Waals surface area contributed by atoms with E-state index in [2.05, 4.69) is 117 Å². The Balaban J connectivity index is 1.01. The van der Waals surface area contributed by atoms with Gasteiger partial charge >= 0.3 is 0 Å². The third-order valence-corrected chi connectivity index (χ3v) is 12.0. The van der Waals surface area contributed by atoms with Crippen LogP contribution in [0.3, 0.4) is 0 Å². The average molecular weight is 621 g/mol. The Bertz CT molecular complexity index is 1570. The standard InChI is InChI=1S/C40H52N4S/c1-27(2)17-20-45(8)43-32(7)40(18-19-40)34-13-15-35(16-14-34)44-25-39(26-44)22-33(23-39)37-24-41-31(6)38(37)42-30(5)21-29(4)36-12-10-9-11-28(36)3/h9-16,29,33,42-43H,1,5,7-8,17-26H2,2-4,6H3. The van der Waals surface area contributed by atoms with E-state index < -0.39 is 0 Å². The van der Waals surface area contributed by atoms with Gasteiger partial charge in [0.1, 0.15) is 0 Å². The maximum atomic E-state index is 4.85. The number of nitrogens with zero attached hydrogens (tertiary/aromatic N) is 2. The molecule has 4 nitrogen and oxygen atoms in total. The molecule has 4 aliphatic rings. The molecule has 238 valence electrons. The quantitative estimate of drug-likeness (QED) is 0.164. The Morgan fingerprint density at radius 2 is 1.73 bits per heavy atom. The first-order valence-corrected chi connectivity index (χ1v) is 18.3. The highest BCUT2D eigenvalue weighted by Crippen LogP contribution is 2.57. The number of anilines is 1. The van der Waals surface area contributed by atoms with Crippen molar-refractivity contribution in [3.63, 3.8) is 0 Å². The van der Waals surface area contributed by atoms with E-state index in [0.29, 0.717) is 17.3 Å². The van der Waals surface area contributed by atoms with Crippen molar-refractivity contribution in [2.45, 2.75) is 77.6 Å². The lowest BCUT2D eigenvalue weighted by molar-refractivity contribution is 0.0417. The van der Waals surface area contributed by atoms with Gasteiger partial charge in [0.2, 0.25) is 0 Å². The molecule has 2 aliphatic carbocycles. The van der Waals surface area contributed by atoms with E-state index in [1.54, 1.807) is 0 Å². The lowest BCUT2D eigenvalue weighted by atomic mass is 9.55. The van der Waals surface area contributed by atoms with Crippen LogP contribution in [0.4, 0.5) is 5.69 Å². The summed E-state index contributed by atoms with van der Waals surface area (Å²) in [7, 11) is -0.118. The molecule has 6 rings (SSSR count). The normalized spacial score (nSPS) is 21.0. The number of aryl methyl sites for hydroxylation is 1. The minimum Gasteiger partial charge on any atom is -0.370 e. The molecule has 2 heterocycles. The number of benzene rings is 2. The van der Waals surface area contributed by atoms with Crippen LogP contribution in [0.15, 0.2) is 101 Å². The summed E-state index contributed by atoms with van der Waals surface area (Å²) in [4.78, 5) is 7.41. The van der Waals surface area contributed by atoms with Crippen molar-refractivity contribution in [1.29, 1.82) is 0 Å². The Labute approximate surface area is 274 Å². The van der Waals surface area contributed by atoms with Gasteiger partial charge in [-0.15, -0.1) is 17.2 Å². The third-order valence-electron chi connectivity index (χ3n) is 10.8. The maximum absolute atomic E-state index is 4.85. The second-order valence-electron chi connectivity index (χ2n) is 14.6. The fourth-order valence-corrected chi connectivity index (χ4v) is 9.12. The number of hydrogen-bond donors (Lipinski definition) is 2. The van der Waals surface area contributed by atoms with Gasteiger partial charge in [0, 0.05) is 46.8 Å². The van der Waals surface area contributed by atoms with Gasteiger partial charge in [-0.05, 0) is 106 Å². The molecule has 2 aromatic rings. The summed E-state index contributed by atoms with van der Waals surface area (Å²) in [5, 5.41) is 3.72. The first-order valence-electron chi connectivity index (χ1n) is 16.7. The minimum atomic E-state index is -0.118. The summed E-state index contributed by atoms with van der Waals surface area (Å²) < 4.78 is 3.63. The lowest BCUT2D eigenvalue weighted by Crippen LogP contribution is -2.62. The van der Waals surface area contributed by atoms with E-state index in [9.17, 15) is 0 Å². The molecule has 0 aromatic heterocycles. The smallest absolute Gasteiger partial charge is 0.0630 e. The predicted octanol–water partition coefficient (Wildman–Crippen LogP) is 8.95. The number of rotatable bonds is 14. The first-order chi connectivity index (χ1) is 21.5. The monoisotopic (exact) mass is 620 g/mol. The van der Waals surface area contributed by atoms with Gasteiger partial charge in [-0.2, -0.15) is 0 Å². The molecule has 0 bridgehead atoms. The third kappa shape index (κ3) is 6.52. The molecule has 45 heavy (non-hydrogen) atoms.